The highest BCUT2D eigenvalue weighted by Gasteiger charge is 2.48. The van der Waals surface area contributed by atoms with Crippen LogP contribution in [0.2, 0.25) is 18.6 Å². The second-order valence-corrected chi connectivity index (χ2v) is 14.1. The third-order valence-corrected chi connectivity index (χ3v) is 9.58. The van der Waals surface area contributed by atoms with Crippen LogP contribution in [-0.2, 0) is 32.0 Å². The van der Waals surface area contributed by atoms with Crippen LogP contribution in [0.25, 0.3) is 0 Å². The van der Waals surface area contributed by atoms with E-state index in [-0.39, 0.29) is 36.5 Å². The number of amides is 1. The number of β-lactam (4-membered cyclic amide) rings is 1. The highest BCUT2D eigenvalue weighted by molar-refractivity contribution is 6.72. The molecule has 0 aliphatic carbocycles. The lowest BCUT2D eigenvalue weighted by molar-refractivity contribution is -0.153. The number of aromatic nitrogens is 3. The lowest BCUT2D eigenvalue weighted by Crippen LogP contribution is -2.55. The number of fused-ring (bicyclic) bond motifs is 1. The van der Waals surface area contributed by atoms with Crippen molar-refractivity contribution < 1.29 is 33.0 Å². The summed E-state index contributed by atoms with van der Waals surface area (Å²) in [5, 5.41) is 17.3. The number of rotatable bonds is 10. The second-order valence-electron chi connectivity index (χ2n) is 10.3. The van der Waals surface area contributed by atoms with E-state index in [2.05, 4.69) is 10.3 Å². The number of carbonyl (C=O) groups is 2. The van der Waals surface area contributed by atoms with Crippen molar-refractivity contribution in [3.05, 3.63) is 35.7 Å². The molecule has 2 aliphatic heterocycles. The summed E-state index contributed by atoms with van der Waals surface area (Å²) >= 11 is 0. The molecule has 5 atom stereocenters. The maximum atomic E-state index is 15.7. The topological polar surface area (TPSA) is 116 Å². The monoisotopic (exact) mass is 534 g/mol. The lowest BCUT2D eigenvalue weighted by Gasteiger charge is -2.44. The summed E-state index contributed by atoms with van der Waals surface area (Å²) in [6, 6.07) is 5.35. The van der Waals surface area contributed by atoms with Crippen LogP contribution in [0.1, 0.15) is 44.1 Å². The molecule has 0 spiro atoms. The van der Waals surface area contributed by atoms with E-state index in [1.165, 1.54) is 11.8 Å². The molecule has 4 rings (SSSR count). The molecule has 1 aromatic carbocycles. The first kappa shape index (κ1) is 27.2. The Kier molecular flexibility index (Phi) is 8.00. The van der Waals surface area contributed by atoms with Crippen molar-refractivity contribution in [1.82, 2.24) is 15.0 Å². The highest BCUT2D eigenvalue weighted by atomic mass is 28.4. The van der Waals surface area contributed by atoms with E-state index in [1.807, 2.05) is 13.0 Å². The van der Waals surface area contributed by atoms with Gasteiger partial charge < -0.3 is 23.4 Å². The molecule has 1 aromatic heterocycles. The Balaban J connectivity index is 1.57. The largest absolute Gasteiger partial charge is 0.490 e. The predicted molar refractivity (Wildman–Crippen MR) is 135 cm³/mol. The molecule has 37 heavy (non-hydrogen) atoms. The fourth-order valence-corrected chi connectivity index (χ4v) is 7.31. The maximum absolute atomic E-state index is 15.7. The van der Waals surface area contributed by atoms with Gasteiger partial charge in [0.1, 0.15) is 11.9 Å². The van der Waals surface area contributed by atoms with Crippen molar-refractivity contribution in [3.8, 4) is 5.75 Å². The van der Waals surface area contributed by atoms with Crippen LogP contribution in [0.4, 0.5) is 9.80 Å². The van der Waals surface area contributed by atoms with Gasteiger partial charge in [0.25, 0.3) is 0 Å². The van der Waals surface area contributed by atoms with Gasteiger partial charge in [0, 0.05) is 62.5 Å². The van der Waals surface area contributed by atoms with Gasteiger partial charge in [0.2, 0.25) is 14.3 Å². The maximum Gasteiger partial charge on any atom is 0.304 e. The number of carbonyl (C=O) groups excluding carboxylic acids is 2. The first-order chi connectivity index (χ1) is 17.5. The van der Waals surface area contributed by atoms with Gasteiger partial charge in [-0.3, -0.25) is 19.2 Å². The molecule has 0 radical (unpaired) electrons. The molecule has 1 saturated heterocycles. The molecule has 202 valence electrons. The Morgan fingerprint density at radius 1 is 1.38 bits per heavy atom. The number of aliphatic hydroxyl groups is 1. The number of methoxy groups -OCH3 is 1. The molecule has 1 fully saturated rings. The van der Waals surface area contributed by atoms with Crippen LogP contribution >= 0.6 is 0 Å². The molecular formula is C25H35FN4O6Si. The minimum atomic E-state index is -3.18. The average molecular weight is 535 g/mol. The second kappa shape index (κ2) is 10.9. The molecule has 2 aliphatic rings. The SMILES string of the molecule is CO[C@H]1c2cc(N3C(=O)CC3OC(C)=O)ccc2O[C@@H](C(CCn2cc(CCO)nn2)[Si](C)(C)F)[C@@H]1C. The van der Waals surface area contributed by atoms with Crippen molar-refractivity contribution in [2.75, 3.05) is 18.6 Å². The standard InChI is InChI=1S/C25H35FN4O6Si/c1-15-24(34-3)19-12-18(30-22(33)13-23(30)35-16(2)32)6-7-20(19)36-25(15)21(37(4,5)26)8-10-29-14-17(9-11-31)27-28-29/h6-7,12,14-15,21,23-25,31H,8-11,13H2,1-5H3/t15-,21?,23?,24-,25-/m1/s1. The van der Waals surface area contributed by atoms with Gasteiger partial charge in [-0.25, -0.2) is 0 Å². The van der Waals surface area contributed by atoms with Crippen LogP contribution in [0, 0.1) is 5.92 Å². The fourth-order valence-electron chi connectivity index (χ4n) is 5.34. The van der Waals surface area contributed by atoms with E-state index in [0.29, 0.717) is 36.5 Å². The Bertz CT molecular complexity index is 1140. The number of hydrogen-bond acceptors (Lipinski definition) is 8. The summed E-state index contributed by atoms with van der Waals surface area (Å²) in [6.45, 7) is 7.16. The van der Waals surface area contributed by atoms with Crippen molar-refractivity contribution in [2.45, 2.75) is 76.7 Å². The summed E-state index contributed by atoms with van der Waals surface area (Å²) in [5.74, 6) is -0.166. The minimum Gasteiger partial charge on any atom is -0.490 e. The van der Waals surface area contributed by atoms with Crippen LogP contribution in [0.15, 0.2) is 24.4 Å². The molecule has 0 bridgehead atoms. The number of halogens is 1. The zero-order valence-electron chi connectivity index (χ0n) is 21.9. The first-order valence-corrected chi connectivity index (χ1v) is 15.5. The van der Waals surface area contributed by atoms with Crippen molar-refractivity contribution in [2.24, 2.45) is 5.92 Å². The van der Waals surface area contributed by atoms with Crippen LogP contribution in [0.3, 0.4) is 0 Å². The van der Waals surface area contributed by atoms with E-state index in [1.54, 1.807) is 43.2 Å². The molecule has 1 N–H and O–H groups in total. The summed E-state index contributed by atoms with van der Waals surface area (Å²) in [7, 11) is -1.57. The zero-order chi connectivity index (χ0) is 26.9. The summed E-state index contributed by atoms with van der Waals surface area (Å²) in [6.07, 6.45) is 1.44. The van der Waals surface area contributed by atoms with Gasteiger partial charge in [-0.15, -0.1) is 5.10 Å². The van der Waals surface area contributed by atoms with Gasteiger partial charge in [0.05, 0.1) is 18.2 Å². The zero-order valence-corrected chi connectivity index (χ0v) is 22.9. The molecule has 12 heteroatoms. The van der Waals surface area contributed by atoms with E-state index >= 15 is 4.11 Å². The molecule has 0 saturated carbocycles. The van der Waals surface area contributed by atoms with Gasteiger partial charge in [-0.05, 0) is 37.7 Å². The van der Waals surface area contributed by atoms with Gasteiger partial charge in [-0.2, -0.15) is 0 Å². The Labute approximate surface area is 216 Å². The first-order valence-electron chi connectivity index (χ1n) is 12.5. The van der Waals surface area contributed by atoms with Crippen LogP contribution in [-0.4, -0.2) is 66.4 Å². The number of anilines is 1. The number of benzene rings is 1. The molecule has 1 amide bonds. The summed E-state index contributed by atoms with van der Waals surface area (Å²) in [5.41, 5.74) is 1.72. The number of ether oxygens (including phenoxy) is 3. The Morgan fingerprint density at radius 3 is 2.76 bits per heavy atom. The van der Waals surface area contributed by atoms with E-state index in [9.17, 15) is 9.59 Å². The summed E-state index contributed by atoms with van der Waals surface area (Å²) in [4.78, 5) is 25.2. The quantitative estimate of drug-likeness (QED) is 0.214. The number of hydrogen-bond donors (Lipinski definition) is 1. The third-order valence-electron chi connectivity index (χ3n) is 7.20. The Morgan fingerprint density at radius 2 is 2.14 bits per heavy atom. The van der Waals surface area contributed by atoms with Gasteiger partial charge >= 0.3 is 5.97 Å². The van der Waals surface area contributed by atoms with Gasteiger partial charge in [0.15, 0.2) is 6.23 Å². The molecule has 3 heterocycles. The Hall–Kier alpha value is -2.83. The van der Waals surface area contributed by atoms with Crippen LogP contribution < -0.4 is 9.64 Å². The average Bonchev–Trinajstić information content (AvgIpc) is 3.25. The van der Waals surface area contributed by atoms with E-state index < -0.39 is 26.7 Å². The number of esters is 1. The third kappa shape index (κ3) is 5.70. The highest BCUT2D eigenvalue weighted by Crippen LogP contribution is 2.48. The van der Waals surface area contributed by atoms with E-state index in [4.69, 9.17) is 19.3 Å². The fraction of sp³-hybridized carbons (Fsp3) is 0.600. The van der Waals surface area contributed by atoms with Crippen molar-refractivity contribution in [3.63, 3.8) is 0 Å². The van der Waals surface area contributed by atoms with Crippen LogP contribution in [0.5, 0.6) is 5.75 Å². The molecule has 10 nitrogen and oxygen atoms in total. The lowest BCUT2D eigenvalue weighted by atomic mass is 9.86. The smallest absolute Gasteiger partial charge is 0.304 e. The molecular weight excluding hydrogens is 499 g/mol. The number of aryl methyl sites for hydroxylation is 1. The van der Waals surface area contributed by atoms with Crippen molar-refractivity contribution in [1.29, 1.82) is 0 Å². The van der Waals surface area contributed by atoms with E-state index in [0.717, 1.165) is 5.56 Å². The molecule has 2 aromatic rings. The van der Waals surface area contributed by atoms with Gasteiger partial charge in [-0.1, -0.05) is 12.1 Å². The number of nitrogens with zero attached hydrogens (tertiary/aromatic N) is 4. The molecule has 2 unspecified atom stereocenters. The number of aliphatic hydroxyl groups excluding tert-OH is 1. The normalized spacial score (nSPS) is 24.2. The van der Waals surface area contributed by atoms with Crippen molar-refractivity contribution >= 4 is 26.0 Å². The predicted octanol–water partition coefficient (Wildman–Crippen LogP) is 3.16. The minimum absolute atomic E-state index is 0.00493. The summed E-state index contributed by atoms with van der Waals surface area (Å²) < 4.78 is 35.0.